The Bertz CT molecular complexity index is 1080. The van der Waals surface area contributed by atoms with Gasteiger partial charge >= 0.3 is 0 Å². The number of hydrogen-bond acceptors (Lipinski definition) is 5. The van der Waals surface area contributed by atoms with Gasteiger partial charge in [-0.1, -0.05) is 35.9 Å². The molecule has 0 fully saturated rings. The van der Waals surface area contributed by atoms with E-state index in [2.05, 4.69) is 10.6 Å². The van der Waals surface area contributed by atoms with Crippen LogP contribution in [0.25, 0.3) is 11.1 Å². The lowest BCUT2D eigenvalue weighted by Crippen LogP contribution is -2.36. The highest BCUT2D eigenvalue weighted by atomic mass is 16.5. The van der Waals surface area contributed by atoms with Crippen LogP contribution in [0.1, 0.15) is 11.1 Å². The van der Waals surface area contributed by atoms with Crippen LogP contribution in [0.3, 0.4) is 0 Å². The molecule has 0 spiro atoms. The molecule has 1 amide bonds. The van der Waals surface area contributed by atoms with Crippen LogP contribution >= 0.6 is 0 Å². The first kappa shape index (κ1) is 16.1. The Hall–Kier alpha value is -3.41. The normalized spacial score (nSPS) is 13.0. The Kier molecular flexibility index (Phi) is 3.80. The summed E-state index contributed by atoms with van der Waals surface area (Å²) in [5.74, 6) is 0.263. The van der Waals surface area contributed by atoms with Crippen molar-refractivity contribution in [3.63, 3.8) is 0 Å². The van der Waals surface area contributed by atoms with Crippen LogP contribution < -0.4 is 26.2 Å². The van der Waals surface area contributed by atoms with Crippen LogP contribution in [0.15, 0.2) is 52.1 Å². The van der Waals surface area contributed by atoms with Crippen molar-refractivity contribution in [3.8, 4) is 16.9 Å². The van der Waals surface area contributed by atoms with Gasteiger partial charge in [-0.15, -0.1) is 0 Å². The van der Waals surface area contributed by atoms with Crippen molar-refractivity contribution in [1.82, 2.24) is 0 Å². The van der Waals surface area contributed by atoms with Gasteiger partial charge in [0.05, 0.1) is 16.9 Å². The van der Waals surface area contributed by atoms with E-state index < -0.39 is 10.9 Å². The average Bonchev–Trinajstić information content (AvgIpc) is 2.65. The number of rotatable bonds is 4. The largest absolute Gasteiger partial charge is 0.482 e. The fourth-order valence-electron chi connectivity index (χ4n) is 2.96. The molecule has 0 bridgehead atoms. The summed E-state index contributed by atoms with van der Waals surface area (Å²) < 4.78 is 5.38. The van der Waals surface area contributed by atoms with Gasteiger partial charge in [-0.05, 0) is 30.2 Å². The summed E-state index contributed by atoms with van der Waals surface area (Å²) in [7, 11) is 0. The molecule has 130 valence electrons. The molecule has 3 aromatic rings. The van der Waals surface area contributed by atoms with Gasteiger partial charge in [-0.2, -0.15) is 0 Å². The number of aryl methyl sites for hydroxylation is 1. The molecule has 0 saturated heterocycles. The molecular formula is C20H16N2O4. The second-order valence-electron chi connectivity index (χ2n) is 6.30. The Morgan fingerprint density at radius 1 is 1.04 bits per heavy atom. The first-order chi connectivity index (χ1) is 12.5. The highest BCUT2D eigenvalue weighted by molar-refractivity contribution is 5.96. The fourth-order valence-corrected chi connectivity index (χ4v) is 2.96. The highest BCUT2D eigenvalue weighted by Gasteiger charge is 2.24. The van der Waals surface area contributed by atoms with Crippen LogP contribution in [0.4, 0.5) is 11.4 Å². The second kappa shape index (κ2) is 6.15. The van der Waals surface area contributed by atoms with E-state index in [1.165, 1.54) is 0 Å². The summed E-state index contributed by atoms with van der Waals surface area (Å²) in [6.45, 7) is 2.39. The summed E-state index contributed by atoms with van der Waals surface area (Å²) in [6, 6.07) is 13.0. The van der Waals surface area contributed by atoms with Gasteiger partial charge in [0.2, 0.25) is 10.9 Å². The molecule has 1 aliphatic rings. The fraction of sp³-hybridized carbons (Fsp3) is 0.150. The van der Waals surface area contributed by atoms with Crippen molar-refractivity contribution in [2.45, 2.75) is 13.5 Å². The number of amides is 1. The maximum atomic E-state index is 12.1. The third kappa shape index (κ3) is 2.75. The number of carbonyl (C=O) groups is 1. The molecule has 3 aromatic carbocycles. The molecule has 1 heterocycles. The first-order valence-corrected chi connectivity index (χ1v) is 8.23. The van der Waals surface area contributed by atoms with E-state index in [-0.39, 0.29) is 12.5 Å². The topological polar surface area (TPSA) is 84.5 Å². The zero-order valence-corrected chi connectivity index (χ0v) is 14.1. The minimum Gasteiger partial charge on any atom is -0.482 e. The van der Waals surface area contributed by atoms with Crippen molar-refractivity contribution in [1.29, 1.82) is 0 Å². The molecule has 0 aromatic heterocycles. The molecule has 6 heteroatoms. The summed E-state index contributed by atoms with van der Waals surface area (Å²) in [5, 5.41) is 5.77. The van der Waals surface area contributed by atoms with Crippen molar-refractivity contribution in [2.24, 2.45) is 0 Å². The third-order valence-corrected chi connectivity index (χ3v) is 4.40. The monoisotopic (exact) mass is 348 g/mol. The van der Waals surface area contributed by atoms with Gasteiger partial charge in [-0.3, -0.25) is 14.4 Å². The van der Waals surface area contributed by atoms with Gasteiger partial charge in [0.15, 0.2) is 6.61 Å². The number of fused-ring (bicyclic) bond motifs is 1. The number of benzene rings is 2. The van der Waals surface area contributed by atoms with Crippen LogP contribution in [0, 0.1) is 6.92 Å². The highest BCUT2D eigenvalue weighted by Crippen LogP contribution is 2.34. The quantitative estimate of drug-likeness (QED) is 0.706. The van der Waals surface area contributed by atoms with Crippen molar-refractivity contribution < 1.29 is 9.53 Å². The summed E-state index contributed by atoms with van der Waals surface area (Å²) in [5.41, 5.74) is 2.96. The number of nitrogens with one attached hydrogen (secondary N) is 2. The predicted molar refractivity (Wildman–Crippen MR) is 99.4 cm³/mol. The molecule has 26 heavy (non-hydrogen) atoms. The lowest BCUT2D eigenvalue weighted by molar-refractivity contribution is -0.118. The summed E-state index contributed by atoms with van der Waals surface area (Å²) in [4.78, 5) is 35.4. The Morgan fingerprint density at radius 2 is 1.81 bits per heavy atom. The molecule has 6 nitrogen and oxygen atoms in total. The van der Waals surface area contributed by atoms with E-state index in [0.717, 1.165) is 11.1 Å². The zero-order chi connectivity index (χ0) is 18.3. The van der Waals surface area contributed by atoms with E-state index in [1.807, 2.05) is 31.2 Å². The van der Waals surface area contributed by atoms with Gasteiger partial charge in [-0.25, -0.2) is 0 Å². The first-order valence-electron chi connectivity index (χ1n) is 8.23. The Balaban J connectivity index is 1.61. The third-order valence-electron chi connectivity index (χ3n) is 4.40. The zero-order valence-electron chi connectivity index (χ0n) is 14.1. The number of hydrogen-bond donors (Lipinski definition) is 2. The number of anilines is 2. The summed E-state index contributed by atoms with van der Waals surface area (Å²) in [6.07, 6.45) is 0. The molecule has 0 saturated carbocycles. The lowest BCUT2D eigenvalue weighted by Gasteiger charge is -2.19. The van der Waals surface area contributed by atoms with E-state index in [4.69, 9.17) is 4.74 Å². The van der Waals surface area contributed by atoms with E-state index in [0.29, 0.717) is 34.8 Å². The smallest absolute Gasteiger partial charge is 0.262 e. The van der Waals surface area contributed by atoms with Crippen LogP contribution in [-0.4, -0.2) is 12.5 Å². The lowest BCUT2D eigenvalue weighted by atomic mass is 9.97. The van der Waals surface area contributed by atoms with Gasteiger partial charge in [0, 0.05) is 6.54 Å². The van der Waals surface area contributed by atoms with Crippen molar-refractivity contribution >= 4 is 17.3 Å². The van der Waals surface area contributed by atoms with E-state index in [1.54, 1.807) is 18.2 Å². The van der Waals surface area contributed by atoms with Crippen LogP contribution in [0.5, 0.6) is 5.75 Å². The van der Waals surface area contributed by atoms with Crippen LogP contribution in [0.2, 0.25) is 0 Å². The Morgan fingerprint density at radius 3 is 2.58 bits per heavy atom. The van der Waals surface area contributed by atoms with Gasteiger partial charge in [0.25, 0.3) is 5.91 Å². The minimum atomic E-state index is -0.517. The maximum Gasteiger partial charge on any atom is 0.262 e. The van der Waals surface area contributed by atoms with Crippen LogP contribution in [-0.2, 0) is 11.3 Å². The predicted octanol–water partition coefficient (Wildman–Crippen LogP) is 2.20. The van der Waals surface area contributed by atoms with E-state index >= 15 is 0 Å². The molecule has 0 unspecified atom stereocenters. The van der Waals surface area contributed by atoms with Crippen molar-refractivity contribution in [2.75, 3.05) is 17.2 Å². The van der Waals surface area contributed by atoms with Gasteiger partial charge in [0.1, 0.15) is 5.75 Å². The molecule has 4 rings (SSSR count). The molecular weight excluding hydrogens is 332 g/mol. The van der Waals surface area contributed by atoms with E-state index in [9.17, 15) is 14.4 Å². The maximum absolute atomic E-state index is 12.1. The minimum absolute atomic E-state index is 0.0685. The van der Waals surface area contributed by atoms with Gasteiger partial charge < -0.3 is 15.4 Å². The Labute approximate surface area is 149 Å². The molecule has 1 aliphatic heterocycles. The molecule has 0 atom stereocenters. The molecule has 0 aliphatic carbocycles. The second-order valence-corrected chi connectivity index (χ2v) is 6.30. The summed E-state index contributed by atoms with van der Waals surface area (Å²) >= 11 is 0. The average molecular weight is 348 g/mol. The number of ether oxygens (including phenoxy) is 1. The van der Waals surface area contributed by atoms with Crippen molar-refractivity contribution in [3.05, 3.63) is 74.0 Å². The number of carbonyl (C=O) groups excluding carboxylic acids is 1. The molecule has 2 N–H and O–H groups in total. The molecule has 0 radical (unpaired) electrons. The standard InChI is InChI=1S/C20H16N2O4/c1-11-2-4-12(5-3-11)9-21-18-17(19(24)20(18)25)13-6-7-14-15(8-13)26-10-16(23)22-14/h2-8,21H,9-10H2,1H3,(H,22,23). The SMILES string of the molecule is Cc1ccc(CNc2c(-c3ccc4c(c3)OCC(=O)N4)c(=O)c2=O)cc1.